The monoisotopic (exact) mass is 337 g/mol. The van der Waals surface area contributed by atoms with Crippen LogP contribution in [0.15, 0.2) is 40.4 Å². The molecule has 0 bridgehead atoms. The van der Waals surface area contributed by atoms with Crippen LogP contribution >= 0.6 is 15.9 Å². The summed E-state index contributed by atoms with van der Waals surface area (Å²) in [6.07, 6.45) is 3.03. The van der Waals surface area contributed by atoms with Crippen LogP contribution in [0, 0.1) is 0 Å². The minimum atomic E-state index is -0.276. The van der Waals surface area contributed by atoms with Gasteiger partial charge in [0, 0.05) is 17.1 Å². The Balaban J connectivity index is 2.23. The van der Waals surface area contributed by atoms with E-state index in [-0.39, 0.29) is 11.7 Å². The van der Waals surface area contributed by atoms with Crippen molar-refractivity contribution < 1.29 is 10.0 Å². The molecular formula is C12H12BrN5O2. The molecule has 104 valence electrons. The molecule has 0 saturated carbocycles. The van der Waals surface area contributed by atoms with Crippen LogP contribution in [0.2, 0.25) is 0 Å². The molecule has 2 rings (SSSR count). The molecule has 0 unspecified atom stereocenters. The summed E-state index contributed by atoms with van der Waals surface area (Å²) in [6, 6.07) is 4.94. The first-order chi connectivity index (χ1) is 9.52. The second-order valence-corrected chi connectivity index (χ2v) is 4.88. The van der Waals surface area contributed by atoms with E-state index in [1.807, 2.05) is 0 Å². The summed E-state index contributed by atoms with van der Waals surface area (Å²) < 4.78 is 2.24. The fourth-order valence-electron chi connectivity index (χ4n) is 1.60. The van der Waals surface area contributed by atoms with Gasteiger partial charge in [0.05, 0.1) is 18.2 Å². The van der Waals surface area contributed by atoms with E-state index in [1.165, 1.54) is 6.20 Å². The summed E-state index contributed by atoms with van der Waals surface area (Å²) in [6.45, 7) is 0. The Labute approximate surface area is 123 Å². The number of nitrogens with two attached hydrogens (primary N) is 1. The highest BCUT2D eigenvalue weighted by molar-refractivity contribution is 9.10. The molecule has 0 aliphatic heterocycles. The lowest BCUT2D eigenvalue weighted by molar-refractivity contribution is 0.101. The van der Waals surface area contributed by atoms with Gasteiger partial charge < -0.3 is 20.8 Å². The average Bonchev–Trinajstić information content (AvgIpc) is 2.86. The van der Waals surface area contributed by atoms with Crippen LogP contribution in [-0.4, -0.2) is 26.5 Å². The molecule has 7 nitrogen and oxygen atoms in total. The van der Waals surface area contributed by atoms with Crippen molar-refractivity contribution in [3.63, 3.8) is 0 Å². The van der Waals surface area contributed by atoms with E-state index in [0.29, 0.717) is 21.4 Å². The topological polar surface area (TPSA) is 106 Å². The average molecular weight is 338 g/mol. The van der Waals surface area contributed by atoms with Gasteiger partial charge in [0.1, 0.15) is 5.69 Å². The van der Waals surface area contributed by atoms with Gasteiger partial charge in [0.15, 0.2) is 5.84 Å². The van der Waals surface area contributed by atoms with Gasteiger partial charge in [-0.15, -0.1) is 0 Å². The Morgan fingerprint density at radius 2 is 2.30 bits per heavy atom. The number of imidazole rings is 1. The van der Waals surface area contributed by atoms with Crippen LogP contribution in [0.5, 0.6) is 0 Å². The normalized spacial score (nSPS) is 11.4. The van der Waals surface area contributed by atoms with Crippen LogP contribution in [0.3, 0.4) is 0 Å². The molecule has 0 aliphatic carbocycles. The number of aryl methyl sites for hydroxylation is 1. The van der Waals surface area contributed by atoms with Gasteiger partial charge in [0.2, 0.25) is 0 Å². The van der Waals surface area contributed by atoms with Gasteiger partial charge in [-0.05, 0) is 34.1 Å². The Bertz CT molecular complexity index is 680. The van der Waals surface area contributed by atoms with Gasteiger partial charge in [0.25, 0.3) is 5.91 Å². The van der Waals surface area contributed by atoms with Crippen molar-refractivity contribution in [2.45, 2.75) is 0 Å². The molecule has 2 aromatic rings. The number of oxime groups is 1. The minimum Gasteiger partial charge on any atom is -0.409 e. The number of halogens is 1. The van der Waals surface area contributed by atoms with Crippen LogP contribution in [0.25, 0.3) is 0 Å². The minimum absolute atomic E-state index is 0.00443. The molecule has 0 saturated heterocycles. The molecule has 0 radical (unpaired) electrons. The maximum atomic E-state index is 12.0. The Hall–Kier alpha value is -2.35. The molecule has 20 heavy (non-hydrogen) atoms. The number of nitrogens with one attached hydrogen (secondary N) is 1. The van der Waals surface area contributed by atoms with Crippen LogP contribution in [0.4, 0.5) is 5.69 Å². The first-order valence-electron chi connectivity index (χ1n) is 5.58. The highest BCUT2D eigenvalue weighted by Crippen LogP contribution is 2.24. The summed E-state index contributed by atoms with van der Waals surface area (Å²) in [5.41, 5.74) is 7.05. The summed E-state index contributed by atoms with van der Waals surface area (Å²) in [5.74, 6) is -0.280. The standard InChI is InChI=1S/C12H12BrN5O2/c1-18-6-15-5-10(18)12(19)16-9-3-2-7(4-8(9)13)11(14)17-20/h2-6,20H,1H3,(H2,14,17)(H,16,19). The number of anilines is 1. The molecule has 0 fully saturated rings. The van der Waals surface area contributed by atoms with Crippen molar-refractivity contribution in [2.24, 2.45) is 17.9 Å². The molecule has 0 atom stereocenters. The number of nitrogens with zero attached hydrogens (tertiary/aromatic N) is 3. The van der Waals surface area contributed by atoms with Crippen molar-refractivity contribution in [2.75, 3.05) is 5.32 Å². The Morgan fingerprint density at radius 3 is 2.85 bits per heavy atom. The molecular weight excluding hydrogens is 326 g/mol. The highest BCUT2D eigenvalue weighted by Gasteiger charge is 2.12. The summed E-state index contributed by atoms with van der Waals surface area (Å²) in [4.78, 5) is 15.9. The van der Waals surface area contributed by atoms with E-state index >= 15 is 0 Å². The van der Waals surface area contributed by atoms with Crippen LogP contribution < -0.4 is 11.1 Å². The van der Waals surface area contributed by atoms with Gasteiger partial charge in [-0.2, -0.15) is 0 Å². The van der Waals surface area contributed by atoms with Crippen molar-refractivity contribution in [1.29, 1.82) is 0 Å². The van der Waals surface area contributed by atoms with Crippen molar-refractivity contribution in [3.05, 3.63) is 46.5 Å². The maximum absolute atomic E-state index is 12.0. The predicted octanol–water partition coefficient (Wildman–Crippen LogP) is 1.53. The SMILES string of the molecule is Cn1cncc1C(=O)Nc1ccc(/C(N)=N/O)cc1Br. The molecule has 1 aromatic heterocycles. The van der Waals surface area contributed by atoms with E-state index in [2.05, 4.69) is 31.4 Å². The van der Waals surface area contributed by atoms with Crippen molar-refractivity contribution in [1.82, 2.24) is 9.55 Å². The summed E-state index contributed by atoms with van der Waals surface area (Å²) in [5, 5.41) is 14.3. The van der Waals surface area contributed by atoms with E-state index in [1.54, 1.807) is 36.1 Å². The number of amides is 1. The zero-order chi connectivity index (χ0) is 14.7. The molecule has 0 aliphatic rings. The second kappa shape index (κ2) is 5.74. The zero-order valence-electron chi connectivity index (χ0n) is 10.5. The van der Waals surface area contributed by atoms with Crippen molar-refractivity contribution >= 4 is 33.4 Å². The number of amidine groups is 1. The number of carbonyl (C=O) groups is 1. The smallest absolute Gasteiger partial charge is 0.273 e. The quantitative estimate of drug-likeness (QED) is 0.341. The zero-order valence-corrected chi connectivity index (χ0v) is 12.1. The highest BCUT2D eigenvalue weighted by atomic mass is 79.9. The summed E-state index contributed by atoms with van der Waals surface area (Å²) in [7, 11) is 1.73. The lowest BCUT2D eigenvalue weighted by Gasteiger charge is -2.09. The predicted molar refractivity (Wildman–Crippen MR) is 77.8 cm³/mol. The Morgan fingerprint density at radius 1 is 1.55 bits per heavy atom. The fourth-order valence-corrected chi connectivity index (χ4v) is 2.07. The van der Waals surface area contributed by atoms with E-state index in [0.717, 1.165) is 0 Å². The first-order valence-corrected chi connectivity index (χ1v) is 6.37. The second-order valence-electron chi connectivity index (χ2n) is 4.02. The maximum Gasteiger partial charge on any atom is 0.273 e. The van der Waals surface area contributed by atoms with E-state index < -0.39 is 0 Å². The lowest BCUT2D eigenvalue weighted by atomic mass is 10.2. The third-order valence-electron chi connectivity index (χ3n) is 2.67. The van der Waals surface area contributed by atoms with Gasteiger partial charge in [-0.3, -0.25) is 4.79 Å². The van der Waals surface area contributed by atoms with E-state index in [4.69, 9.17) is 10.9 Å². The molecule has 4 N–H and O–H groups in total. The summed E-state index contributed by atoms with van der Waals surface area (Å²) >= 11 is 3.33. The van der Waals surface area contributed by atoms with Gasteiger partial charge >= 0.3 is 0 Å². The third-order valence-corrected chi connectivity index (χ3v) is 3.33. The largest absolute Gasteiger partial charge is 0.409 e. The van der Waals surface area contributed by atoms with Gasteiger partial charge in [-0.1, -0.05) is 5.16 Å². The lowest BCUT2D eigenvalue weighted by Crippen LogP contribution is -2.16. The number of hydrogen-bond donors (Lipinski definition) is 3. The molecule has 1 aromatic carbocycles. The number of hydrogen-bond acceptors (Lipinski definition) is 4. The molecule has 1 amide bonds. The van der Waals surface area contributed by atoms with Gasteiger partial charge in [-0.25, -0.2) is 4.98 Å². The third kappa shape index (κ3) is 2.80. The Kier molecular flexibility index (Phi) is 4.04. The first kappa shape index (κ1) is 14.1. The number of aromatic nitrogens is 2. The number of rotatable bonds is 3. The van der Waals surface area contributed by atoms with E-state index in [9.17, 15) is 4.79 Å². The fraction of sp³-hybridized carbons (Fsp3) is 0.0833. The van der Waals surface area contributed by atoms with Crippen molar-refractivity contribution in [3.8, 4) is 0 Å². The molecule has 1 heterocycles. The molecule has 0 spiro atoms. The van der Waals surface area contributed by atoms with Crippen LogP contribution in [0.1, 0.15) is 16.1 Å². The van der Waals surface area contributed by atoms with Crippen LogP contribution in [-0.2, 0) is 7.05 Å². The molecule has 8 heteroatoms. The number of benzene rings is 1. The number of carbonyl (C=O) groups excluding carboxylic acids is 1.